The molecule has 0 fully saturated rings. The summed E-state index contributed by atoms with van der Waals surface area (Å²) in [5, 5.41) is 2.81. The van der Waals surface area contributed by atoms with Crippen molar-refractivity contribution in [2.75, 3.05) is 12.4 Å². The molecule has 0 spiro atoms. The highest BCUT2D eigenvalue weighted by atomic mass is 19.1. The number of anilines is 1. The fraction of sp³-hybridized carbons (Fsp3) is 0.167. The molecule has 2 aromatic rings. The molecule has 0 aromatic heterocycles. The van der Waals surface area contributed by atoms with E-state index in [1.54, 1.807) is 12.1 Å². The summed E-state index contributed by atoms with van der Waals surface area (Å²) in [6.45, 7) is 3.94. The second-order valence-electron chi connectivity index (χ2n) is 4.96. The van der Waals surface area contributed by atoms with E-state index in [1.165, 1.54) is 25.3 Å². The van der Waals surface area contributed by atoms with Crippen LogP contribution in [0.25, 0.3) is 6.08 Å². The Morgan fingerprint density at radius 2 is 2.00 bits per heavy atom. The second-order valence-corrected chi connectivity index (χ2v) is 4.96. The quantitative estimate of drug-likeness (QED) is 0.863. The first kappa shape index (κ1) is 15.8. The predicted octanol–water partition coefficient (Wildman–Crippen LogP) is 4.10. The minimum atomic E-state index is -0.459. The Morgan fingerprint density at radius 3 is 2.68 bits per heavy atom. The van der Waals surface area contributed by atoms with Gasteiger partial charge in [0.15, 0.2) is 11.6 Å². The number of hydrogen-bond donors (Lipinski definition) is 1. The van der Waals surface area contributed by atoms with E-state index < -0.39 is 5.82 Å². The Bertz CT molecular complexity index is 723. The first-order chi connectivity index (χ1) is 10.5. The van der Waals surface area contributed by atoms with Crippen LogP contribution in [0.2, 0.25) is 0 Å². The van der Waals surface area contributed by atoms with Gasteiger partial charge in [-0.2, -0.15) is 0 Å². The minimum absolute atomic E-state index is 0.178. The maximum absolute atomic E-state index is 13.6. The lowest BCUT2D eigenvalue weighted by Gasteiger charge is -2.08. The van der Waals surface area contributed by atoms with Gasteiger partial charge >= 0.3 is 0 Å². The zero-order valence-electron chi connectivity index (χ0n) is 12.8. The van der Waals surface area contributed by atoms with Crippen LogP contribution in [0.5, 0.6) is 5.75 Å². The van der Waals surface area contributed by atoms with Crippen molar-refractivity contribution in [1.82, 2.24) is 0 Å². The van der Waals surface area contributed by atoms with Crippen LogP contribution in [-0.4, -0.2) is 13.0 Å². The molecule has 0 aliphatic heterocycles. The van der Waals surface area contributed by atoms with Crippen molar-refractivity contribution in [3.63, 3.8) is 0 Å². The molecule has 114 valence electrons. The molecule has 0 radical (unpaired) electrons. The molecule has 0 aliphatic carbocycles. The van der Waals surface area contributed by atoms with Gasteiger partial charge in [0.2, 0.25) is 5.91 Å². The van der Waals surface area contributed by atoms with Gasteiger partial charge in [-0.15, -0.1) is 0 Å². The summed E-state index contributed by atoms with van der Waals surface area (Å²) >= 11 is 0. The van der Waals surface area contributed by atoms with Gasteiger partial charge in [-0.05, 0) is 54.8 Å². The molecule has 0 unspecified atom stereocenters. The van der Waals surface area contributed by atoms with Crippen molar-refractivity contribution in [2.45, 2.75) is 13.8 Å². The highest BCUT2D eigenvalue weighted by Gasteiger charge is 2.04. The molecule has 0 saturated heterocycles. The molecule has 0 saturated carbocycles. The zero-order chi connectivity index (χ0) is 16.1. The molecule has 4 heteroatoms. The average molecular weight is 299 g/mol. The lowest BCUT2D eigenvalue weighted by molar-refractivity contribution is -0.111. The molecule has 0 bridgehead atoms. The van der Waals surface area contributed by atoms with Crippen LogP contribution in [0.3, 0.4) is 0 Å². The lowest BCUT2D eigenvalue weighted by atomic mass is 10.1. The summed E-state index contributed by atoms with van der Waals surface area (Å²) in [7, 11) is 1.41. The number of methoxy groups -OCH3 is 1. The molecule has 0 aliphatic rings. The van der Waals surface area contributed by atoms with Crippen LogP contribution < -0.4 is 10.1 Å². The van der Waals surface area contributed by atoms with Gasteiger partial charge in [0, 0.05) is 11.8 Å². The van der Waals surface area contributed by atoms with E-state index >= 15 is 0 Å². The summed E-state index contributed by atoms with van der Waals surface area (Å²) in [5.74, 6) is -0.540. The van der Waals surface area contributed by atoms with E-state index in [1.807, 2.05) is 32.0 Å². The first-order valence-electron chi connectivity index (χ1n) is 6.90. The normalized spacial score (nSPS) is 10.7. The molecule has 22 heavy (non-hydrogen) atoms. The molecule has 0 heterocycles. The van der Waals surface area contributed by atoms with Crippen molar-refractivity contribution < 1.29 is 13.9 Å². The monoisotopic (exact) mass is 299 g/mol. The van der Waals surface area contributed by atoms with Gasteiger partial charge < -0.3 is 10.1 Å². The number of hydrogen-bond acceptors (Lipinski definition) is 2. The molecule has 0 atom stereocenters. The van der Waals surface area contributed by atoms with Crippen LogP contribution in [0.1, 0.15) is 16.7 Å². The fourth-order valence-electron chi connectivity index (χ4n) is 2.02. The zero-order valence-corrected chi connectivity index (χ0v) is 12.8. The Kier molecular flexibility index (Phi) is 4.94. The highest BCUT2D eigenvalue weighted by molar-refractivity contribution is 6.02. The van der Waals surface area contributed by atoms with Crippen molar-refractivity contribution >= 4 is 17.7 Å². The van der Waals surface area contributed by atoms with E-state index in [-0.39, 0.29) is 11.7 Å². The van der Waals surface area contributed by atoms with Gasteiger partial charge in [-0.3, -0.25) is 4.79 Å². The molecule has 1 N–H and O–H groups in total. The van der Waals surface area contributed by atoms with Crippen LogP contribution in [-0.2, 0) is 4.79 Å². The highest BCUT2D eigenvalue weighted by Crippen LogP contribution is 2.19. The average Bonchev–Trinajstić information content (AvgIpc) is 2.50. The fourth-order valence-corrected chi connectivity index (χ4v) is 2.02. The Balaban J connectivity index is 2.08. The number of carbonyl (C=O) groups is 1. The van der Waals surface area contributed by atoms with Crippen molar-refractivity contribution in [3.8, 4) is 5.75 Å². The number of nitrogens with one attached hydrogen (secondary N) is 1. The number of aryl methyl sites for hydroxylation is 1. The summed E-state index contributed by atoms with van der Waals surface area (Å²) < 4.78 is 18.4. The van der Waals surface area contributed by atoms with Crippen molar-refractivity contribution in [3.05, 3.63) is 65.0 Å². The van der Waals surface area contributed by atoms with Crippen LogP contribution in [0.4, 0.5) is 10.1 Å². The number of rotatable bonds is 4. The molecular formula is C18H18FNO2. The number of benzene rings is 2. The maximum Gasteiger partial charge on any atom is 0.248 e. The van der Waals surface area contributed by atoms with Gasteiger partial charge in [-0.25, -0.2) is 4.39 Å². The predicted molar refractivity (Wildman–Crippen MR) is 86.5 cm³/mol. The third-order valence-electron chi connectivity index (χ3n) is 3.47. The van der Waals surface area contributed by atoms with E-state index in [9.17, 15) is 9.18 Å². The van der Waals surface area contributed by atoms with Crippen molar-refractivity contribution in [2.24, 2.45) is 0 Å². The smallest absolute Gasteiger partial charge is 0.248 e. The van der Waals surface area contributed by atoms with Gasteiger partial charge in [-0.1, -0.05) is 18.2 Å². The Morgan fingerprint density at radius 1 is 1.23 bits per heavy atom. The third-order valence-corrected chi connectivity index (χ3v) is 3.47. The molecular weight excluding hydrogens is 281 g/mol. The summed E-state index contributed by atoms with van der Waals surface area (Å²) in [4.78, 5) is 11.9. The summed E-state index contributed by atoms with van der Waals surface area (Å²) in [5.41, 5.74) is 3.50. The third kappa shape index (κ3) is 3.73. The van der Waals surface area contributed by atoms with Crippen LogP contribution in [0.15, 0.2) is 42.5 Å². The van der Waals surface area contributed by atoms with E-state index in [0.717, 1.165) is 16.8 Å². The number of carbonyl (C=O) groups excluding carboxylic acids is 1. The van der Waals surface area contributed by atoms with E-state index in [4.69, 9.17) is 4.74 Å². The number of amides is 1. The second kappa shape index (κ2) is 6.89. The Hall–Kier alpha value is -2.62. The largest absolute Gasteiger partial charge is 0.494 e. The van der Waals surface area contributed by atoms with E-state index in [0.29, 0.717) is 5.56 Å². The summed E-state index contributed by atoms with van der Waals surface area (Å²) in [6.07, 6.45) is 2.94. The molecule has 2 rings (SSSR count). The standard InChI is InChI=1S/C18H18FNO2/c1-12-5-4-6-16(13(12)2)20-18(21)10-8-14-7-9-17(22-3)15(19)11-14/h4-11H,1-3H3,(H,20,21)/b10-8+. The van der Waals surface area contributed by atoms with Crippen LogP contribution in [0, 0.1) is 19.7 Å². The Labute approximate surface area is 129 Å². The van der Waals surface area contributed by atoms with Gasteiger partial charge in [0.05, 0.1) is 7.11 Å². The maximum atomic E-state index is 13.6. The number of halogens is 1. The molecule has 1 amide bonds. The van der Waals surface area contributed by atoms with Gasteiger partial charge in [0.1, 0.15) is 0 Å². The SMILES string of the molecule is COc1ccc(/C=C/C(=O)Nc2cccc(C)c2C)cc1F. The minimum Gasteiger partial charge on any atom is -0.494 e. The molecule has 2 aromatic carbocycles. The topological polar surface area (TPSA) is 38.3 Å². The number of ether oxygens (including phenoxy) is 1. The summed E-state index contributed by atoms with van der Waals surface area (Å²) in [6, 6.07) is 10.3. The first-order valence-corrected chi connectivity index (χ1v) is 6.90. The lowest BCUT2D eigenvalue weighted by Crippen LogP contribution is -2.09. The van der Waals surface area contributed by atoms with Crippen molar-refractivity contribution in [1.29, 1.82) is 0 Å². The van der Waals surface area contributed by atoms with E-state index in [2.05, 4.69) is 5.32 Å². The van der Waals surface area contributed by atoms with Gasteiger partial charge in [0.25, 0.3) is 0 Å². The van der Waals surface area contributed by atoms with Crippen LogP contribution >= 0.6 is 0 Å². The molecule has 3 nitrogen and oxygen atoms in total.